The molecule has 0 saturated heterocycles. The summed E-state index contributed by atoms with van der Waals surface area (Å²) in [6.07, 6.45) is 3.78. The maximum absolute atomic E-state index is 5.86. The van der Waals surface area contributed by atoms with Gasteiger partial charge in [-0.15, -0.1) is 11.8 Å². The van der Waals surface area contributed by atoms with Gasteiger partial charge in [-0.3, -0.25) is 4.40 Å². The van der Waals surface area contributed by atoms with Gasteiger partial charge in [0.05, 0.1) is 5.03 Å². The number of rotatable bonds is 5. The first-order valence-electron chi connectivity index (χ1n) is 7.08. The minimum absolute atomic E-state index is 0.605. The Morgan fingerprint density at radius 1 is 1.22 bits per heavy atom. The number of nitrogens with one attached hydrogen (secondary N) is 2. The van der Waals surface area contributed by atoms with Gasteiger partial charge in [0.1, 0.15) is 5.65 Å². The first kappa shape index (κ1) is 16.1. The predicted octanol–water partition coefficient (Wildman–Crippen LogP) is 4.07. The van der Waals surface area contributed by atoms with Gasteiger partial charge in [-0.1, -0.05) is 17.7 Å². The Bertz CT molecular complexity index is 801. The average molecular weight is 363 g/mol. The summed E-state index contributed by atoms with van der Waals surface area (Å²) in [5.41, 5.74) is 1.88. The van der Waals surface area contributed by atoms with E-state index in [9.17, 15) is 0 Å². The SMILES string of the molecule is S=C(NCCSc1cccc2nccn12)Nc1ccc(Cl)cc1. The lowest BCUT2D eigenvalue weighted by Gasteiger charge is -2.11. The Hall–Kier alpha value is -1.76. The first-order valence-corrected chi connectivity index (χ1v) is 8.85. The molecule has 0 aliphatic heterocycles. The summed E-state index contributed by atoms with van der Waals surface area (Å²) in [6, 6.07) is 13.5. The average Bonchev–Trinajstić information content (AvgIpc) is 3.03. The van der Waals surface area contributed by atoms with Crippen molar-refractivity contribution >= 4 is 52.0 Å². The summed E-state index contributed by atoms with van der Waals surface area (Å²) < 4.78 is 2.08. The number of hydrogen-bond acceptors (Lipinski definition) is 3. The van der Waals surface area contributed by atoms with Gasteiger partial charge in [0.15, 0.2) is 5.11 Å². The summed E-state index contributed by atoms with van der Waals surface area (Å²) in [7, 11) is 0. The third-order valence-electron chi connectivity index (χ3n) is 3.13. The van der Waals surface area contributed by atoms with Crippen LogP contribution in [0.15, 0.2) is 59.9 Å². The number of benzene rings is 1. The van der Waals surface area contributed by atoms with E-state index in [0.717, 1.165) is 23.6 Å². The molecule has 0 saturated carbocycles. The molecule has 0 spiro atoms. The number of thioether (sulfide) groups is 1. The molecule has 2 N–H and O–H groups in total. The number of imidazole rings is 1. The molecule has 4 nitrogen and oxygen atoms in total. The predicted molar refractivity (Wildman–Crippen MR) is 102 cm³/mol. The van der Waals surface area contributed by atoms with Crippen molar-refractivity contribution in [3.8, 4) is 0 Å². The van der Waals surface area contributed by atoms with Crippen LogP contribution in [-0.2, 0) is 0 Å². The number of thiocarbonyl (C=S) groups is 1. The molecule has 0 unspecified atom stereocenters. The van der Waals surface area contributed by atoms with E-state index in [-0.39, 0.29) is 0 Å². The third-order valence-corrected chi connectivity index (χ3v) is 4.67. The highest BCUT2D eigenvalue weighted by Crippen LogP contribution is 2.18. The minimum atomic E-state index is 0.605. The lowest BCUT2D eigenvalue weighted by molar-refractivity contribution is 0.977. The van der Waals surface area contributed by atoms with E-state index in [1.54, 1.807) is 11.8 Å². The maximum atomic E-state index is 5.86. The molecule has 0 bridgehead atoms. The van der Waals surface area contributed by atoms with E-state index in [4.69, 9.17) is 23.8 Å². The summed E-state index contributed by atoms with van der Waals surface area (Å²) in [5, 5.41) is 8.81. The largest absolute Gasteiger partial charge is 0.362 e. The summed E-state index contributed by atoms with van der Waals surface area (Å²) in [5.74, 6) is 0.903. The fraction of sp³-hybridized carbons (Fsp3) is 0.125. The number of nitrogens with zero attached hydrogens (tertiary/aromatic N) is 2. The normalized spacial score (nSPS) is 10.7. The van der Waals surface area contributed by atoms with Crippen LogP contribution in [0.2, 0.25) is 5.02 Å². The zero-order valence-corrected chi connectivity index (χ0v) is 14.6. The van der Waals surface area contributed by atoms with Crippen molar-refractivity contribution in [1.29, 1.82) is 0 Å². The maximum Gasteiger partial charge on any atom is 0.170 e. The number of fused-ring (bicyclic) bond motifs is 1. The Morgan fingerprint density at radius 3 is 2.87 bits per heavy atom. The van der Waals surface area contributed by atoms with Crippen molar-refractivity contribution in [1.82, 2.24) is 14.7 Å². The van der Waals surface area contributed by atoms with Crippen molar-refractivity contribution < 1.29 is 0 Å². The van der Waals surface area contributed by atoms with E-state index < -0.39 is 0 Å². The number of anilines is 1. The molecule has 118 valence electrons. The molecule has 23 heavy (non-hydrogen) atoms. The molecule has 0 amide bonds. The van der Waals surface area contributed by atoms with Gasteiger partial charge in [0, 0.05) is 35.4 Å². The topological polar surface area (TPSA) is 41.4 Å². The van der Waals surface area contributed by atoms with Crippen LogP contribution in [0.3, 0.4) is 0 Å². The van der Waals surface area contributed by atoms with Crippen molar-refractivity contribution in [2.45, 2.75) is 5.03 Å². The second kappa shape index (κ2) is 7.68. The standard InChI is InChI=1S/C16H15ClN4S2/c17-12-4-6-13(7-5-12)20-16(22)19-9-11-23-15-3-1-2-14-18-8-10-21(14)15/h1-8,10H,9,11H2,(H2,19,20,22). The number of hydrogen-bond donors (Lipinski definition) is 2. The number of aromatic nitrogens is 2. The van der Waals surface area contributed by atoms with Gasteiger partial charge in [0.25, 0.3) is 0 Å². The highest BCUT2D eigenvalue weighted by atomic mass is 35.5. The van der Waals surface area contributed by atoms with Crippen LogP contribution < -0.4 is 10.6 Å². The van der Waals surface area contributed by atoms with Crippen LogP contribution in [0, 0.1) is 0 Å². The van der Waals surface area contributed by atoms with E-state index in [0.29, 0.717) is 10.1 Å². The van der Waals surface area contributed by atoms with E-state index in [1.807, 2.05) is 48.8 Å². The highest BCUT2D eigenvalue weighted by molar-refractivity contribution is 7.99. The molecule has 2 aromatic heterocycles. The van der Waals surface area contributed by atoms with Crippen molar-refractivity contribution in [2.24, 2.45) is 0 Å². The molecule has 2 heterocycles. The van der Waals surface area contributed by atoms with Gasteiger partial charge in [-0.05, 0) is 48.6 Å². The first-order chi connectivity index (χ1) is 11.2. The number of halogens is 1. The van der Waals surface area contributed by atoms with Crippen LogP contribution in [0.5, 0.6) is 0 Å². The lowest BCUT2D eigenvalue weighted by Crippen LogP contribution is -2.30. The van der Waals surface area contributed by atoms with Crippen LogP contribution in [-0.4, -0.2) is 26.8 Å². The lowest BCUT2D eigenvalue weighted by atomic mass is 10.3. The molecule has 3 rings (SSSR count). The van der Waals surface area contributed by atoms with Crippen molar-refractivity contribution in [2.75, 3.05) is 17.6 Å². The summed E-state index contributed by atoms with van der Waals surface area (Å²) >= 11 is 12.9. The third kappa shape index (κ3) is 4.37. The fourth-order valence-electron chi connectivity index (χ4n) is 2.07. The van der Waals surface area contributed by atoms with Gasteiger partial charge in [-0.2, -0.15) is 0 Å². The minimum Gasteiger partial charge on any atom is -0.362 e. The van der Waals surface area contributed by atoms with Crippen LogP contribution >= 0.6 is 35.6 Å². The van der Waals surface area contributed by atoms with Crippen molar-refractivity contribution in [3.63, 3.8) is 0 Å². The molecule has 0 aliphatic rings. The zero-order valence-electron chi connectivity index (χ0n) is 12.2. The van der Waals surface area contributed by atoms with E-state index in [2.05, 4.69) is 26.1 Å². The van der Waals surface area contributed by atoms with E-state index >= 15 is 0 Å². The smallest absolute Gasteiger partial charge is 0.170 e. The van der Waals surface area contributed by atoms with Crippen LogP contribution in [0.25, 0.3) is 5.65 Å². The van der Waals surface area contributed by atoms with Crippen molar-refractivity contribution in [3.05, 3.63) is 59.9 Å². The molecule has 1 aromatic carbocycles. The van der Waals surface area contributed by atoms with Gasteiger partial charge >= 0.3 is 0 Å². The summed E-state index contributed by atoms with van der Waals surface area (Å²) in [6.45, 7) is 0.773. The molecular weight excluding hydrogens is 348 g/mol. The molecule has 0 aliphatic carbocycles. The zero-order chi connectivity index (χ0) is 16.1. The quantitative estimate of drug-likeness (QED) is 0.407. The second-order valence-electron chi connectivity index (χ2n) is 4.76. The molecule has 0 fully saturated rings. The molecule has 0 radical (unpaired) electrons. The second-order valence-corrected chi connectivity index (χ2v) is 6.72. The number of pyridine rings is 1. The Balaban J connectivity index is 1.45. The van der Waals surface area contributed by atoms with Gasteiger partial charge in [-0.25, -0.2) is 4.98 Å². The molecule has 7 heteroatoms. The molecule has 0 atom stereocenters. The Kier molecular flexibility index (Phi) is 5.38. The molecular formula is C16H15ClN4S2. The molecule has 3 aromatic rings. The van der Waals surface area contributed by atoms with Gasteiger partial charge in [0.2, 0.25) is 0 Å². The van der Waals surface area contributed by atoms with Gasteiger partial charge < -0.3 is 10.6 Å². The van der Waals surface area contributed by atoms with Crippen LogP contribution in [0.4, 0.5) is 5.69 Å². The van der Waals surface area contributed by atoms with Crippen LogP contribution in [0.1, 0.15) is 0 Å². The summed E-state index contributed by atoms with van der Waals surface area (Å²) in [4.78, 5) is 4.28. The monoisotopic (exact) mass is 362 g/mol. The highest BCUT2D eigenvalue weighted by Gasteiger charge is 2.02. The fourth-order valence-corrected chi connectivity index (χ4v) is 3.30. The Labute approximate surface area is 149 Å². The van der Waals surface area contributed by atoms with E-state index in [1.165, 1.54) is 5.03 Å². The Morgan fingerprint density at radius 2 is 2.04 bits per heavy atom.